The first-order chi connectivity index (χ1) is 13.1. The molecule has 140 valence electrons. The van der Waals surface area contributed by atoms with Crippen LogP contribution in [0.25, 0.3) is 11.4 Å². The van der Waals surface area contributed by atoms with Crippen LogP contribution in [0.15, 0.2) is 41.1 Å². The van der Waals surface area contributed by atoms with Crippen LogP contribution in [0.1, 0.15) is 29.7 Å². The van der Waals surface area contributed by atoms with Crippen molar-refractivity contribution in [1.82, 2.24) is 25.2 Å². The van der Waals surface area contributed by atoms with Gasteiger partial charge in [0.25, 0.3) is 0 Å². The molecule has 1 aliphatic rings. The molecule has 1 aliphatic heterocycles. The molecule has 1 N–H and O–H groups in total. The molecule has 27 heavy (non-hydrogen) atoms. The predicted molar refractivity (Wildman–Crippen MR) is 96.3 cm³/mol. The fourth-order valence-corrected chi connectivity index (χ4v) is 3.28. The number of nitrogens with one attached hydrogen (secondary N) is 1. The molecule has 2 aromatic heterocycles. The molecule has 0 aliphatic carbocycles. The summed E-state index contributed by atoms with van der Waals surface area (Å²) in [6, 6.07) is 9.56. The van der Waals surface area contributed by atoms with E-state index in [1.54, 1.807) is 10.9 Å². The minimum atomic E-state index is -0.277. The Balaban J connectivity index is 1.41. The van der Waals surface area contributed by atoms with E-state index < -0.39 is 0 Å². The number of hydrogen-bond acceptors (Lipinski definition) is 6. The van der Waals surface area contributed by atoms with Gasteiger partial charge in [0.2, 0.25) is 17.6 Å². The van der Waals surface area contributed by atoms with E-state index in [0.29, 0.717) is 24.7 Å². The van der Waals surface area contributed by atoms with Crippen LogP contribution in [0, 0.1) is 12.8 Å². The van der Waals surface area contributed by atoms with Gasteiger partial charge in [-0.2, -0.15) is 10.1 Å². The molecule has 8 nitrogen and oxygen atoms in total. The van der Waals surface area contributed by atoms with Crippen molar-refractivity contribution in [3.05, 3.63) is 53.7 Å². The Bertz CT molecular complexity index is 934. The highest BCUT2D eigenvalue weighted by atomic mass is 16.5. The zero-order chi connectivity index (χ0) is 18.8. The summed E-state index contributed by atoms with van der Waals surface area (Å²) in [5.41, 5.74) is 2.83. The number of aryl methyl sites for hydroxylation is 1. The van der Waals surface area contributed by atoms with Gasteiger partial charge in [0.15, 0.2) is 0 Å². The summed E-state index contributed by atoms with van der Waals surface area (Å²) in [4.78, 5) is 17.0. The molecule has 1 fully saturated rings. The Morgan fingerprint density at radius 2 is 2.15 bits per heavy atom. The summed E-state index contributed by atoms with van der Waals surface area (Å²) in [5.74, 6) is 0.535. The highest BCUT2D eigenvalue weighted by molar-refractivity contribution is 5.79. The van der Waals surface area contributed by atoms with Gasteiger partial charge in [-0.25, -0.2) is 0 Å². The van der Waals surface area contributed by atoms with E-state index in [2.05, 4.69) is 20.6 Å². The molecule has 4 rings (SSSR count). The Labute approximate surface area is 156 Å². The maximum atomic E-state index is 12.7. The van der Waals surface area contributed by atoms with Crippen molar-refractivity contribution >= 4 is 5.91 Å². The third-order valence-electron chi connectivity index (χ3n) is 4.92. The third-order valence-corrected chi connectivity index (χ3v) is 4.92. The first-order valence-electron chi connectivity index (χ1n) is 8.89. The van der Waals surface area contributed by atoms with E-state index in [1.165, 1.54) is 0 Å². The number of aromatic nitrogens is 4. The Hall–Kier alpha value is -3.00. The lowest BCUT2D eigenvalue weighted by Crippen LogP contribution is -2.32. The SMILES string of the molecule is Cc1c([C@H]2OCC[C@@H]2C(=O)NCc2nc(-c3ccccc3)no2)cnn1C. The average molecular weight is 367 g/mol. The number of amides is 1. The molecule has 0 unspecified atom stereocenters. The fraction of sp³-hybridized carbons (Fsp3) is 0.368. The Kier molecular flexibility index (Phi) is 4.72. The largest absolute Gasteiger partial charge is 0.373 e. The monoisotopic (exact) mass is 367 g/mol. The van der Waals surface area contributed by atoms with E-state index >= 15 is 0 Å². The molecular weight excluding hydrogens is 346 g/mol. The molecule has 1 saturated heterocycles. The molecule has 0 saturated carbocycles. The van der Waals surface area contributed by atoms with Crippen LogP contribution in [0.4, 0.5) is 0 Å². The summed E-state index contributed by atoms with van der Waals surface area (Å²) >= 11 is 0. The maximum absolute atomic E-state index is 12.7. The van der Waals surface area contributed by atoms with Gasteiger partial charge >= 0.3 is 0 Å². The highest BCUT2D eigenvalue weighted by Gasteiger charge is 2.37. The quantitative estimate of drug-likeness (QED) is 0.743. The molecule has 1 amide bonds. The predicted octanol–water partition coefficient (Wildman–Crippen LogP) is 2.17. The zero-order valence-electron chi connectivity index (χ0n) is 15.3. The second kappa shape index (κ2) is 7.32. The van der Waals surface area contributed by atoms with E-state index in [4.69, 9.17) is 9.26 Å². The van der Waals surface area contributed by atoms with E-state index in [9.17, 15) is 4.79 Å². The van der Waals surface area contributed by atoms with Crippen molar-refractivity contribution in [2.75, 3.05) is 6.61 Å². The first-order valence-corrected chi connectivity index (χ1v) is 8.89. The van der Waals surface area contributed by atoms with Gasteiger partial charge in [-0.3, -0.25) is 9.48 Å². The highest BCUT2D eigenvalue weighted by Crippen LogP contribution is 2.36. The molecule has 0 radical (unpaired) electrons. The van der Waals surface area contributed by atoms with Crippen LogP contribution in [-0.2, 0) is 23.1 Å². The summed E-state index contributed by atoms with van der Waals surface area (Å²) < 4.78 is 12.8. The molecule has 3 heterocycles. The number of ether oxygens (including phenoxy) is 1. The van der Waals surface area contributed by atoms with Crippen LogP contribution < -0.4 is 5.32 Å². The van der Waals surface area contributed by atoms with Gasteiger partial charge in [0, 0.05) is 30.5 Å². The van der Waals surface area contributed by atoms with Crippen LogP contribution in [0.2, 0.25) is 0 Å². The standard InChI is InChI=1S/C19H21N5O3/c1-12-15(10-21-24(12)2)17-14(8-9-26-17)19(25)20-11-16-22-18(23-27-16)13-6-4-3-5-7-13/h3-7,10,14,17H,8-9,11H2,1-2H3,(H,20,25)/t14-,17-/m0/s1. The van der Waals surface area contributed by atoms with Gasteiger partial charge < -0.3 is 14.6 Å². The molecular formula is C19H21N5O3. The number of nitrogens with zero attached hydrogens (tertiary/aromatic N) is 4. The number of carbonyl (C=O) groups excluding carboxylic acids is 1. The number of carbonyl (C=O) groups is 1. The number of rotatable bonds is 5. The van der Waals surface area contributed by atoms with Gasteiger partial charge in [-0.1, -0.05) is 35.5 Å². The zero-order valence-corrected chi connectivity index (χ0v) is 15.3. The molecule has 1 aromatic carbocycles. The lowest BCUT2D eigenvalue weighted by Gasteiger charge is -2.17. The summed E-state index contributed by atoms with van der Waals surface area (Å²) in [7, 11) is 1.88. The van der Waals surface area contributed by atoms with Crippen molar-refractivity contribution in [2.45, 2.75) is 26.0 Å². The topological polar surface area (TPSA) is 95.1 Å². The minimum Gasteiger partial charge on any atom is -0.373 e. The van der Waals surface area contributed by atoms with Crippen molar-refractivity contribution in [1.29, 1.82) is 0 Å². The summed E-state index contributed by atoms with van der Waals surface area (Å²) in [5, 5.41) is 11.1. The lowest BCUT2D eigenvalue weighted by molar-refractivity contribution is -0.127. The maximum Gasteiger partial charge on any atom is 0.246 e. The Morgan fingerprint density at radius 1 is 1.33 bits per heavy atom. The smallest absolute Gasteiger partial charge is 0.246 e. The number of benzene rings is 1. The molecule has 2 atom stereocenters. The van der Waals surface area contributed by atoms with Gasteiger partial charge in [0.1, 0.15) is 0 Å². The van der Waals surface area contributed by atoms with Crippen LogP contribution >= 0.6 is 0 Å². The number of hydrogen-bond donors (Lipinski definition) is 1. The van der Waals surface area contributed by atoms with E-state index in [0.717, 1.165) is 16.8 Å². The second-order valence-electron chi connectivity index (χ2n) is 6.59. The third kappa shape index (κ3) is 3.48. The first kappa shape index (κ1) is 17.4. The summed E-state index contributed by atoms with van der Waals surface area (Å²) in [6.07, 6.45) is 2.17. The second-order valence-corrected chi connectivity index (χ2v) is 6.59. The van der Waals surface area contributed by atoms with Crippen molar-refractivity contribution in [3.63, 3.8) is 0 Å². The van der Waals surface area contributed by atoms with E-state index in [-0.39, 0.29) is 24.5 Å². The molecule has 0 spiro atoms. The van der Waals surface area contributed by atoms with Crippen LogP contribution in [-0.4, -0.2) is 32.4 Å². The van der Waals surface area contributed by atoms with Gasteiger partial charge in [-0.15, -0.1) is 0 Å². The van der Waals surface area contributed by atoms with Crippen molar-refractivity contribution < 1.29 is 14.1 Å². The minimum absolute atomic E-state index is 0.0831. The van der Waals surface area contributed by atoms with Crippen LogP contribution in [0.5, 0.6) is 0 Å². The average Bonchev–Trinajstić information content (AvgIpc) is 3.42. The van der Waals surface area contributed by atoms with Gasteiger partial charge in [-0.05, 0) is 13.3 Å². The fourth-order valence-electron chi connectivity index (χ4n) is 3.28. The van der Waals surface area contributed by atoms with E-state index in [1.807, 2.05) is 44.3 Å². The van der Waals surface area contributed by atoms with Crippen molar-refractivity contribution in [3.8, 4) is 11.4 Å². The molecule has 8 heteroatoms. The lowest BCUT2D eigenvalue weighted by atomic mass is 9.95. The van der Waals surface area contributed by atoms with Crippen molar-refractivity contribution in [2.24, 2.45) is 13.0 Å². The molecule has 0 bridgehead atoms. The Morgan fingerprint density at radius 3 is 2.89 bits per heavy atom. The normalized spacial score (nSPS) is 19.3. The van der Waals surface area contributed by atoms with Crippen LogP contribution in [0.3, 0.4) is 0 Å². The molecule has 3 aromatic rings. The van der Waals surface area contributed by atoms with Gasteiger partial charge in [0.05, 0.1) is 24.8 Å². The summed E-state index contributed by atoms with van der Waals surface area (Å²) in [6.45, 7) is 2.71.